The number of aliphatic imine (C=N–C) groups is 2. The number of hydrogen-bond donors (Lipinski definition) is 0. The van der Waals surface area contributed by atoms with Crippen LogP contribution in [0.1, 0.15) is 0 Å². The lowest BCUT2D eigenvalue weighted by Crippen LogP contribution is -2.28. The van der Waals surface area contributed by atoms with Crippen LogP contribution in [0, 0.1) is 16.0 Å². The van der Waals surface area contributed by atoms with E-state index in [0.717, 1.165) is 0 Å². The summed E-state index contributed by atoms with van der Waals surface area (Å²) in [7, 11) is 0. The van der Waals surface area contributed by atoms with Gasteiger partial charge in [0.05, 0.1) is 16.9 Å². The highest BCUT2D eigenvalue weighted by Gasteiger charge is 2.31. The maximum Gasteiger partial charge on any atom is 0.273 e. The molecule has 0 saturated carbocycles. The van der Waals surface area contributed by atoms with Gasteiger partial charge in [0.25, 0.3) is 5.69 Å². The smallest absolute Gasteiger partial charge is 0.273 e. The number of thioether (sulfide) groups is 1. The topological polar surface area (TPSA) is 77.1 Å². The number of nitro benzene ring substituents is 1. The maximum atomic E-state index is 10.7. The standard InChI is InChI=1S/C12H9N3O3S/c16-15(17)8-2-1-3-9(6-8)18-11-10-4-5-19-12(10)14-7-13-11/h1-7,10,12H. The van der Waals surface area contributed by atoms with Crippen molar-refractivity contribution in [3.63, 3.8) is 0 Å². The molecule has 7 heteroatoms. The molecule has 0 spiro atoms. The Bertz CT molecular complexity index is 612. The molecule has 19 heavy (non-hydrogen) atoms. The number of fused-ring (bicyclic) bond motifs is 1. The van der Waals surface area contributed by atoms with Crippen LogP contribution in [0.2, 0.25) is 0 Å². The molecular formula is C12H9N3O3S. The van der Waals surface area contributed by atoms with Crippen molar-refractivity contribution in [3.8, 4) is 5.75 Å². The Morgan fingerprint density at radius 1 is 1.42 bits per heavy atom. The Morgan fingerprint density at radius 2 is 2.32 bits per heavy atom. The molecule has 3 rings (SSSR count). The van der Waals surface area contributed by atoms with Gasteiger partial charge in [-0.2, -0.15) is 0 Å². The van der Waals surface area contributed by atoms with Crippen molar-refractivity contribution in [2.45, 2.75) is 5.37 Å². The Balaban J connectivity index is 1.83. The van der Waals surface area contributed by atoms with Gasteiger partial charge in [0.2, 0.25) is 5.90 Å². The largest absolute Gasteiger partial charge is 0.442 e. The highest BCUT2D eigenvalue weighted by Crippen LogP contribution is 2.34. The van der Waals surface area contributed by atoms with Crippen LogP contribution < -0.4 is 4.74 Å². The molecular weight excluding hydrogens is 266 g/mol. The van der Waals surface area contributed by atoms with E-state index in [0.29, 0.717) is 11.6 Å². The van der Waals surface area contributed by atoms with Crippen molar-refractivity contribution in [1.29, 1.82) is 0 Å². The average molecular weight is 275 g/mol. The van der Waals surface area contributed by atoms with Crippen molar-refractivity contribution in [2.24, 2.45) is 15.9 Å². The second kappa shape index (κ2) is 4.85. The quantitative estimate of drug-likeness (QED) is 0.614. The fourth-order valence-corrected chi connectivity index (χ4v) is 2.76. The maximum absolute atomic E-state index is 10.7. The van der Waals surface area contributed by atoms with Gasteiger partial charge in [-0.3, -0.25) is 15.1 Å². The fourth-order valence-electron chi connectivity index (χ4n) is 1.84. The molecule has 0 bridgehead atoms. The van der Waals surface area contributed by atoms with Crippen molar-refractivity contribution >= 4 is 29.7 Å². The summed E-state index contributed by atoms with van der Waals surface area (Å²) < 4.78 is 5.65. The molecule has 2 atom stereocenters. The predicted molar refractivity (Wildman–Crippen MR) is 73.7 cm³/mol. The van der Waals surface area contributed by atoms with Gasteiger partial charge in [0, 0.05) is 6.07 Å². The number of non-ortho nitro benzene ring substituents is 1. The number of ether oxygens (including phenoxy) is 1. The van der Waals surface area contributed by atoms with E-state index in [1.165, 1.54) is 18.5 Å². The lowest BCUT2D eigenvalue weighted by atomic mass is 10.1. The number of nitro groups is 1. The predicted octanol–water partition coefficient (Wildman–Crippen LogP) is 2.62. The third-order valence-corrected chi connectivity index (χ3v) is 3.75. The number of hydrogen-bond acceptors (Lipinski definition) is 6. The zero-order valence-corrected chi connectivity index (χ0v) is 10.5. The average Bonchev–Trinajstić information content (AvgIpc) is 2.88. The van der Waals surface area contributed by atoms with Crippen molar-refractivity contribution in [2.75, 3.05) is 0 Å². The van der Waals surface area contributed by atoms with E-state index in [-0.39, 0.29) is 17.0 Å². The van der Waals surface area contributed by atoms with Gasteiger partial charge >= 0.3 is 0 Å². The van der Waals surface area contributed by atoms with E-state index in [2.05, 4.69) is 9.98 Å². The third-order valence-electron chi connectivity index (χ3n) is 2.75. The van der Waals surface area contributed by atoms with Gasteiger partial charge < -0.3 is 4.74 Å². The first kappa shape index (κ1) is 11.9. The zero-order valence-electron chi connectivity index (χ0n) is 9.67. The summed E-state index contributed by atoms with van der Waals surface area (Å²) in [4.78, 5) is 18.6. The van der Waals surface area contributed by atoms with Gasteiger partial charge in [0.1, 0.15) is 17.5 Å². The molecule has 0 radical (unpaired) electrons. The van der Waals surface area contributed by atoms with E-state index in [1.54, 1.807) is 23.9 Å². The monoisotopic (exact) mass is 275 g/mol. The summed E-state index contributed by atoms with van der Waals surface area (Å²) in [6.07, 6.45) is 3.44. The Hall–Kier alpha value is -2.15. The summed E-state index contributed by atoms with van der Waals surface area (Å²) in [5.74, 6) is 0.920. The second-order valence-corrected chi connectivity index (χ2v) is 5.00. The summed E-state index contributed by atoms with van der Waals surface area (Å²) >= 11 is 1.60. The molecule has 0 fully saturated rings. The molecule has 1 aromatic rings. The molecule has 1 aromatic carbocycles. The summed E-state index contributed by atoms with van der Waals surface area (Å²) in [5.41, 5.74) is -0.00420. The van der Waals surface area contributed by atoms with Crippen LogP contribution in [0.5, 0.6) is 5.75 Å². The van der Waals surface area contributed by atoms with Crippen LogP contribution in [0.15, 0.2) is 45.7 Å². The SMILES string of the molecule is O=[N+]([O-])c1cccc(OC2=NC=NC3SC=CC23)c1. The lowest BCUT2D eigenvalue weighted by Gasteiger charge is -2.19. The molecule has 0 saturated heterocycles. The zero-order chi connectivity index (χ0) is 13.2. The molecule has 2 heterocycles. The van der Waals surface area contributed by atoms with Crippen LogP contribution >= 0.6 is 11.8 Å². The molecule has 0 N–H and O–H groups in total. The third kappa shape index (κ3) is 2.37. The molecule has 2 unspecified atom stereocenters. The van der Waals surface area contributed by atoms with E-state index >= 15 is 0 Å². The first-order chi connectivity index (χ1) is 9.24. The van der Waals surface area contributed by atoms with Crippen LogP contribution in [0.3, 0.4) is 0 Å². The van der Waals surface area contributed by atoms with E-state index < -0.39 is 4.92 Å². The Kier molecular flexibility index (Phi) is 3.04. The first-order valence-corrected chi connectivity index (χ1v) is 6.52. The summed E-state index contributed by atoms with van der Waals surface area (Å²) in [5, 5.41) is 12.7. The van der Waals surface area contributed by atoms with Gasteiger partial charge in [-0.1, -0.05) is 12.1 Å². The van der Waals surface area contributed by atoms with Crippen LogP contribution in [0.4, 0.5) is 5.69 Å². The van der Waals surface area contributed by atoms with Gasteiger partial charge in [0.15, 0.2) is 0 Å². The van der Waals surface area contributed by atoms with Crippen molar-refractivity contribution < 1.29 is 9.66 Å². The molecule has 0 amide bonds. The Morgan fingerprint density at radius 3 is 3.16 bits per heavy atom. The van der Waals surface area contributed by atoms with Gasteiger partial charge in [-0.15, -0.1) is 11.8 Å². The second-order valence-electron chi connectivity index (χ2n) is 3.97. The van der Waals surface area contributed by atoms with E-state index in [4.69, 9.17) is 4.74 Å². The number of nitrogens with zero attached hydrogens (tertiary/aromatic N) is 3. The minimum Gasteiger partial charge on any atom is -0.442 e. The lowest BCUT2D eigenvalue weighted by molar-refractivity contribution is -0.384. The highest BCUT2D eigenvalue weighted by atomic mass is 32.2. The normalized spacial score (nSPS) is 23.9. The number of rotatable bonds is 2. The number of benzene rings is 1. The molecule has 0 aliphatic carbocycles. The van der Waals surface area contributed by atoms with E-state index in [1.807, 2.05) is 11.5 Å². The van der Waals surface area contributed by atoms with Crippen LogP contribution in [-0.4, -0.2) is 22.5 Å². The first-order valence-electron chi connectivity index (χ1n) is 5.58. The van der Waals surface area contributed by atoms with Crippen molar-refractivity contribution in [3.05, 3.63) is 45.9 Å². The van der Waals surface area contributed by atoms with E-state index in [9.17, 15) is 10.1 Å². The van der Waals surface area contributed by atoms with Gasteiger partial charge in [-0.25, -0.2) is 4.99 Å². The molecule has 6 nitrogen and oxygen atoms in total. The molecule has 2 aliphatic heterocycles. The molecule has 0 aromatic heterocycles. The van der Waals surface area contributed by atoms with Crippen molar-refractivity contribution in [1.82, 2.24) is 0 Å². The summed E-state index contributed by atoms with van der Waals surface area (Å²) in [6, 6.07) is 6.06. The van der Waals surface area contributed by atoms with Gasteiger partial charge in [-0.05, 0) is 11.5 Å². The highest BCUT2D eigenvalue weighted by molar-refractivity contribution is 8.03. The van der Waals surface area contributed by atoms with Crippen LogP contribution in [-0.2, 0) is 0 Å². The fraction of sp³-hybridized carbons (Fsp3) is 0.167. The minimum atomic E-state index is -0.453. The summed E-state index contributed by atoms with van der Waals surface area (Å²) in [6.45, 7) is 0. The van der Waals surface area contributed by atoms with Crippen LogP contribution in [0.25, 0.3) is 0 Å². The molecule has 2 aliphatic rings. The Labute approximate surface area is 113 Å². The molecule has 96 valence electrons. The minimum absolute atomic E-state index is 0.00420.